The van der Waals surface area contributed by atoms with Crippen molar-refractivity contribution < 1.29 is 4.79 Å². The summed E-state index contributed by atoms with van der Waals surface area (Å²) in [5, 5.41) is 0. The molecule has 1 aromatic rings. The average molecular weight is 189 g/mol. The van der Waals surface area contributed by atoms with Gasteiger partial charge in [-0.15, -0.1) is 0 Å². The maximum absolute atomic E-state index is 11.6. The highest BCUT2D eigenvalue weighted by Gasteiger charge is 2.18. The van der Waals surface area contributed by atoms with Crippen molar-refractivity contribution in [1.29, 1.82) is 0 Å². The summed E-state index contributed by atoms with van der Waals surface area (Å²) in [4.78, 5) is 16.0. The summed E-state index contributed by atoms with van der Waals surface area (Å²) in [6.07, 6.45) is 4.57. The minimum absolute atomic E-state index is 0.288. The Balaban J connectivity index is 2.46. The standard InChI is InChI=1S/C12H15NO/c1-8(2)11-6-10-9(7-13-11)4-3-5-12(10)14/h6-8H,3-5H2,1-2H3. The van der Waals surface area contributed by atoms with E-state index >= 15 is 0 Å². The molecule has 1 aromatic heterocycles. The van der Waals surface area contributed by atoms with E-state index in [1.54, 1.807) is 0 Å². The highest BCUT2D eigenvalue weighted by atomic mass is 16.1. The minimum atomic E-state index is 0.288. The number of fused-ring (bicyclic) bond motifs is 1. The van der Waals surface area contributed by atoms with Gasteiger partial charge in [-0.25, -0.2) is 0 Å². The number of aryl methyl sites for hydroxylation is 1. The fourth-order valence-electron chi connectivity index (χ4n) is 1.85. The molecule has 0 N–H and O–H groups in total. The lowest BCUT2D eigenvalue weighted by Gasteiger charge is -2.15. The summed E-state index contributed by atoms with van der Waals surface area (Å²) in [6, 6.07) is 1.97. The third-order valence-corrected chi connectivity index (χ3v) is 2.75. The Morgan fingerprint density at radius 2 is 2.14 bits per heavy atom. The zero-order valence-corrected chi connectivity index (χ0v) is 8.71. The topological polar surface area (TPSA) is 30.0 Å². The number of carbonyl (C=O) groups excluding carboxylic acids is 1. The maximum atomic E-state index is 11.6. The minimum Gasteiger partial charge on any atom is -0.294 e. The Morgan fingerprint density at radius 1 is 1.36 bits per heavy atom. The number of ketones is 1. The zero-order chi connectivity index (χ0) is 10.1. The van der Waals surface area contributed by atoms with E-state index in [0.717, 1.165) is 29.7 Å². The van der Waals surface area contributed by atoms with Crippen molar-refractivity contribution in [2.24, 2.45) is 0 Å². The first kappa shape index (κ1) is 9.38. The molecule has 0 radical (unpaired) electrons. The average Bonchev–Trinajstić information content (AvgIpc) is 2.18. The SMILES string of the molecule is CC(C)c1cc2c(cn1)CCCC2=O. The second-order valence-electron chi connectivity index (χ2n) is 4.20. The molecule has 0 spiro atoms. The number of aromatic nitrogens is 1. The molecular weight excluding hydrogens is 174 g/mol. The van der Waals surface area contributed by atoms with Gasteiger partial charge in [0.25, 0.3) is 0 Å². The van der Waals surface area contributed by atoms with Crippen molar-refractivity contribution in [2.45, 2.75) is 39.0 Å². The van der Waals surface area contributed by atoms with Crippen molar-refractivity contribution in [3.8, 4) is 0 Å². The Bertz CT molecular complexity index is 369. The van der Waals surface area contributed by atoms with Gasteiger partial charge in [0.2, 0.25) is 0 Å². The van der Waals surface area contributed by atoms with E-state index in [2.05, 4.69) is 18.8 Å². The Morgan fingerprint density at radius 3 is 2.86 bits per heavy atom. The first-order valence-corrected chi connectivity index (χ1v) is 5.20. The van der Waals surface area contributed by atoms with Gasteiger partial charge < -0.3 is 0 Å². The van der Waals surface area contributed by atoms with Crippen LogP contribution in [-0.4, -0.2) is 10.8 Å². The molecule has 0 saturated heterocycles. The van der Waals surface area contributed by atoms with Crippen LogP contribution in [0, 0.1) is 0 Å². The van der Waals surface area contributed by atoms with Gasteiger partial charge in [0.1, 0.15) is 0 Å². The van der Waals surface area contributed by atoms with E-state index in [1.807, 2.05) is 12.3 Å². The van der Waals surface area contributed by atoms with Crippen LogP contribution in [-0.2, 0) is 6.42 Å². The molecule has 1 aliphatic rings. The molecule has 0 bridgehead atoms. The van der Waals surface area contributed by atoms with Gasteiger partial charge in [0.15, 0.2) is 5.78 Å². The number of carbonyl (C=O) groups is 1. The Hall–Kier alpha value is -1.18. The molecule has 2 rings (SSSR count). The largest absolute Gasteiger partial charge is 0.294 e. The van der Waals surface area contributed by atoms with E-state index in [0.29, 0.717) is 12.3 Å². The van der Waals surface area contributed by atoms with Crippen LogP contribution in [0.4, 0.5) is 0 Å². The molecular formula is C12H15NO. The number of nitrogens with zero attached hydrogens (tertiary/aromatic N) is 1. The van der Waals surface area contributed by atoms with Crippen molar-refractivity contribution in [2.75, 3.05) is 0 Å². The monoisotopic (exact) mass is 189 g/mol. The Kier molecular flexibility index (Phi) is 2.36. The van der Waals surface area contributed by atoms with Gasteiger partial charge >= 0.3 is 0 Å². The summed E-state index contributed by atoms with van der Waals surface area (Å²) >= 11 is 0. The lowest BCUT2D eigenvalue weighted by molar-refractivity contribution is 0.0972. The van der Waals surface area contributed by atoms with Crippen LogP contribution in [0.5, 0.6) is 0 Å². The molecule has 0 aromatic carbocycles. The quantitative estimate of drug-likeness (QED) is 0.680. The van der Waals surface area contributed by atoms with E-state index in [9.17, 15) is 4.79 Å². The molecule has 0 saturated carbocycles. The van der Waals surface area contributed by atoms with Gasteiger partial charge in [-0.1, -0.05) is 13.8 Å². The fourth-order valence-corrected chi connectivity index (χ4v) is 1.85. The number of pyridine rings is 1. The van der Waals surface area contributed by atoms with Crippen LogP contribution in [0.1, 0.15) is 54.2 Å². The van der Waals surface area contributed by atoms with Crippen molar-refractivity contribution in [1.82, 2.24) is 4.98 Å². The molecule has 2 heteroatoms. The third kappa shape index (κ3) is 1.57. The van der Waals surface area contributed by atoms with Crippen LogP contribution in [0.15, 0.2) is 12.3 Å². The molecule has 0 fully saturated rings. The fraction of sp³-hybridized carbons (Fsp3) is 0.500. The molecule has 1 aliphatic carbocycles. The Labute approximate surface area is 84.4 Å². The van der Waals surface area contributed by atoms with Crippen molar-refractivity contribution in [3.63, 3.8) is 0 Å². The summed E-state index contributed by atoms with van der Waals surface area (Å²) in [5.74, 6) is 0.686. The van der Waals surface area contributed by atoms with Gasteiger partial charge in [0, 0.05) is 23.9 Å². The van der Waals surface area contributed by atoms with E-state index in [1.165, 1.54) is 0 Å². The molecule has 1 heterocycles. The van der Waals surface area contributed by atoms with E-state index in [-0.39, 0.29) is 5.78 Å². The first-order chi connectivity index (χ1) is 6.68. The lowest BCUT2D eigenvalue weighted by atomic mass is 9.90. The highest BCUT2D eigenvalue weighted by Crippen LogP contribution is 2.23. The van der Waals surface area contributed by atoms with Crippen LogP contribution >= 0.6 is 0 Å². The smallest absolute Gasteiger partial charge is 0.163 e. The van der Waals surface area contributed by atoms with Crippen LogP contribution in [0.2, 0.25) is 0 Å². The summed E-state index contributed by atoms with van der Waals surface area (Å²) in [5.41, 5.74) is 3.07. The van der Waals surface area contributed by atoms with Gasteiger partial charge in [-0.3, -0.25) is 9.78 Å². The van der Waals surface area contributed by atoms with Crippen molar-refractivity contribution >= 4 is 5.78 Å². The second kappa shape index (κ2) is 3.52. The van der Waals surface area contributed by atoms with Crippen LogP contribution < -0.4 is 0 Å². The molecule has 2 nitrogen and oxygen atoms in total. The zero-order valence-electron chi connectivity index (χ0n) is 8.71. The molecule has 74 valence electrons. The van der Waals surface area contributed by atoms with Crippen molar-refractivity contribution in [3.05, 3.63) is 29.1 Å². The third-order valence-electron chi connectivity index (χ3n) is 2.75. The van der Waals surface area contributed by atoms with Gasteiger partial charge in [-0.05, 0) is 30.4 Å². The summed E-state index contributed by atoms with van der Waals surface area (Å²) in [7, 11) is 0. The van der Waals surface area contributed by atoms with E-state index < -0.39 is 0 Å². The highest BCUT2D eigenvalue weighted by molar-refractivity contribution is 5.98. The van der Waals surface area contributed by atoms with Gasteiger partial charge in [0.05, 0.1) is 0 Å². The maximum Gasteiger partial charge on any atom is 0.163 e. The normalized spacial score (nSPS) is 15.8. The number of hydrogen-bond donors (Lipinski definition) is 0. The van der Waals surface area contributed by atoms with Crippen LogP contribution in [0.25, 0.3) is 0 Å². The second-order valence-corrected chi connectivity index (χ2v) is 4.20. The molecule has 0 unspecified atom stereocenters. The molecule has 0 amide bonds. The van der Waals surface area contributed by atoms with Gasteiger partial charge in [-0.2, -0.15) is 0 Å². The molecule has 14 heavy (non-hydrogen) atoms. The van der Waals surface area contributed by atoms with E-state index in [4.69, 9.17) is 0 Å². The molecule has 0 atom stereocenters. The van der Waals surface area contributed by atoms with Crippen LogP contribution in [0.3, 0.4) is 0 Å². The predicted octanol–water partition coefficient (Wildman–Crippen LogP) is 2.72. The lowest BCUT2D eigenvalue weighted by Crippen LogP contribution is -2.12. The summed E-state index contributed by atoms with van der Waals surface area (Å²) < 4.78 is 0. The predicted molar refractivity (Wildman–Crippen MR) is 55.6 cm³/mol. The number of hydrogen-bond acceptors (Lipinski definition) is 2. The summed E-state index contributed by atoms with van der Waals surface area (Å²) in [6.45, 7) is 4.20. The first-order valence-electron chi connectivity index (χ1n) is 5.20. The number of Topliss-reactive ketones (excluding diaryl/α,β-unsaturated/α-hetero) is 1. The number of rotatable bonds is 1. The molecule has 0 aliphatic heterocycles.